The Kier molecular flexibility index (Phi) is 6.28. The highest BCUT2D eigenvalue weighted by atomic mass is 35.5. The monoisotopic (exact) mass is 391 g/mol. The first kappa shape index (κ1) is 18.5. The number of fused-ring (bicyclic) bond motifs is 1. The van der Waals surface area contributed by atoms with Gasteiger partial charge in [-0.2, -0.15) is 0 Å². The van der Waals surface area contributed by atoms with E-state index in [-0.39, 0.29) is 18.3 Å². The molecule has 0 atom stereocenters. The molecule has 2 N–H and O–H groups in total. The first-order valence-electron chi connectivity index (χ1n) is 6.99. The normalized spacial score (nSPS) is 13.4. The van der Waals surface area contributed by atoms with Crippen LogP contribution in [0.2, 0.25) is 10.0 Å². The van der Waals surface area contributed by atoms with Crippen molar-refractivity contribution in [2.75, 3.05) is 13.1 Å². The Labute approximate surface area is 155 Å². The summed E-state index contributed by atoms with van der Waals surface area (Å²) in [7, 11) is 0. The molecule has 4 nitrogen and oxygen atoms in total. The Morgan fingerprint density at radius 3 is 2.91 bits per heavy atom. The highest BCUT2D eigenvalue weighted by molar-refractivity contribution is 7.09. The predicted octanol–water partition coefficient (Wildman–Crippen LogP) is 3.57. The summed E-state index contributed by atoms with van der Waals surface area (Å²) >= 11 is 13.8. The third kappa shape index (κ3) is 3.98. The fourth-order valence-electron chi connectivity index (χ4n) is 2.57. The van der Waals surface area contributed by atoms with Gasteiger partial charge in [0.05, 0.1) is 5.01 Å². The van der Waals surface area contributed by atoms with E-state index in [1.165, 1.54) is 11.3 Å². The van der Waals surface area contributed by atoms with Crippen molar-refractivity contribution in [1.29, 1.82) is 0 Å². The second-order valence-corrected chi connectivity index (χ2v) is 6.95. The number of halogens is 3. The van der Waals surface area contributed by atoms with E-state index >= 15 is 0 Å². The molecule has 0 aliphatic carbocycles. The van der Waals surface area contributed by atoms with Crippen molar-refractivity contribution in [3.63, 3.8) is 0 Å². The molecule has 1 aliphatic heterocycles. The molecule has 2 heterocycles. The van der Waals surface area contributed by atoms with Gasteiger partial charge in [0.2, 0.25) is 0 Å². The number of aromatic nitrogens is 1. The Bertz CT molecular complexity index is 720. The van der Waals surface area contributed by atoms with Gasteiger partial charge in [-0.1, -0.05) is 23.2 Å². The minimum Gasteiger partial charge on any atom is -0.333 e. The predicted molar refractivity (Wildman–Crippen MR) is 97.0 cm³/mol. The number of hydrogen-bond acceptors (Lipinski definition) is 4. The number of carbonyl (C=O) groups excluding carboxylic acids is 1. The summed E-state index contributed by atoms with van der Waals surface area (Å²) < 4.78 is 0. The number of amides is 1. The zero-order valence-corrected chi connectivity index (χ0v) is 15.4. The van der Waals surface area contributed by atoms with E-state index in [1.54, 1.807) is 16.3 Å². The topological polar surface area (TPSA) is 59.2 Å². The van der Waals surface area contributed by atoms with Crippen LogP contribution in [0, 0.1) is 0 Å². The Morgan fingerprint density at radius 2 is 2.17 bits per heavy atom. The largest absolute Gasteiger partial charge is 0.333 e. The molecule has 1 amide bonds. The number of rotatable bonds is 3. The lowest BCUT2D eigenvalue weighted by Crippen LogP contribution is -2.36. The summed E-state index contributed by atoms with van der Waals surface area (Å²) in [5.74, 6) is -0.0591. The quantitative estimate of drug-likeness (QED) is 0.868. The maximum Gasteiger partial charge on any atom is 0.273 e. The van der Waals surface area contributed by atoms with Crippen molar-refractivity contribution in [3.05, 3.63) is 49.4 Å². The van der Waals surface area contributed by atoms with Crippen molar-refractivity contribution in [1.82, 2.24) is 9.88 Å². The Morgan fingerprint density at radius 1 is 1.39 bits per heavy atom. The van der Waals surface area contributed by atoms with Crippen LogP contribution in [0.4, 0.5) is 0 Å². The fourth-order valence-corrected chi connectivity index (χ4v) is 3.95. The first-order chi connectivity index (χ1) is 10.6. The molecule has 0 spiro atoms. The molecule has 1 aliphatic rings. The van der Waals surface area contributed by atoms with Gasteiger partial charge in [0.15, 0.2) is 0 Å². The average Bonchev–Trinajstić information content (AvgIpc) is 2.95. The Hall–Kier alpha value is -0.850. The van der Waals surface area contributed by atoms with Gasteiger partial charge in [-0.15, -0.1) is 23.7 Å². The highest BCUT2D eigenvalue weighted by Gasteiger charge is 2.25. The fraction of sp³-hybridized carbons (Fsp3) is 0.333. The van der Waals surface area contributed by atoms with Crippen LogP contribution in [0.15, 0.2) is 17.5 Å². The minimum absolute atomic E-state index is 0. The zero-order valence-electron chi connectivity index (χ0n) is 12.2. The summed E-state index contributed by atoms with van der Waals surface area (Å²) in [6, 6.07) is 3.64. The summed E-state index contributed by atoms with van der Waals surface area (Å²) in [5, 5.41) is 3.94. The van der Waals surface area contributed by atoms with Crippen LogP contribution in [0.1, 0.15) is 26.6 Å². The Balaban J connectivity index is 0.00000192. The molecular weight excluding hydrogens is 377 g/mol. The molecular formula is C15H16Cl3N3OS. The summed E-state index contributed by atoms with van der Waals surface area (Å²) in [6.07, 6.45) is 1.45. The molecule has 3 rings (SSSR count). The van der Waals surface area contributed by atoms with Gasteiger partial charge in [0, 0.05) is 34.9 Å². The van der Waals surface area contributed by atoms with Crippen LogP contribution >= 0.6 is 46.9 Å². The molecule has 0 bridgehead atoms. The second kappa shape index (κ2) is 7.81. The van der Waals surface area contributed by atoms with Crippen LogP contribution in [0.3, 0.4) is 0 Å². The number of nitrogens with two attached hydrogens (primary N) is 1. The lowest BCUT2D eigenvalue weighted by molar-refractivity contribution is 0.0729. The molecule has 0 fully saturated rings. The lowest BCUT2D eigenvalue weighted by Gasteiger charge is -2.29. The number of benzene rings is 1. The van der Waals surface area contributed by atoms with E-state index in [2.05, 4.69) is 4.98 Å². The first-order valence-corrected chi connectivity index (χ1v) is 8.62. The van der Waals surface area contributed by atoms with E-state index in [9.17, 15) is 4.79 Å². The van der Waals surface area contributed by atoms with E-state index in [0.29, 0.717) is 41.8 Å². The molecule has 1 aromatic carbocycles. The number of thiazole rings is 1. The van der Waals surface area contributed by atoms with E-state index < -0.39 is 0 Å². The van der Waals surface area contributed by atoms with Crippen molar-refractivity contribution < 1.29 is 4.79 Å². The van der Waals surface area contributed by atoms with Crippen LogP contribution in [-0.4, -0.2) is 28.9 Å². The SMILES string of the molecule is Cl.NCCc1nc(C(=O)N2CCc3cc(Cl)cc(Cl)c3C2)cs1. The van der Waals surface area contributed by atoms with Gasteiger partial charge in [0.1, 0.15) is 5.69 Å². The smallest absolute Gasteiger partial charge is 0.273 e. The second-order valence-electron chi connectivity index (χ2n) is 5.17. The zero-order chi connectivity index (χ0) is 15.7. The van der Waals surface area contributed by atoms with Crippen LogP contribution in [-0.2, 0) is 19.4 Å². The van der Waals surface area contributed by atoms with E-state index in [1.807, 2.05) is 6.07 Å². The summed E-state index contributed by atoms with van der Waals surface area (Å²) in [4.78, 5) is 18.7. The average molecular weight is 393 g/mol. The van der Waals surface area contributed by atoms with Gasteiger partial charge < -0.3 is 10.6 Å². The summed E-state index contributed by atoms with van der Waals surface area (Å²) in [5.41, 5.74) is 8.09. The minimum atomic E-state index is -0.0591. The number of hydrogen-bond donors (Lipinski definition) is 1. The standard InChI is InChI=1S/C15H15Cl2N3OS.ClH/c16-10-5-9-2-4-20(7-11(9)12(17)6-10)15(21)13-8-22-14(19-13)1-3-18;/h5-6,8H,1-4,7,18H2;1H. The number of carbonyl (C=O) groups is 1. The molecule has 0 saturated carbocycles. The van der Waals surface area contributed by atoms with Crippen LogP contribution in [0.25, 0.3) is 0 Å². The molecule has 0 radical (unpaired) electrons. The van der Waals surface area contributed by atoms with Crippen molar-refractivity contribution in [2.45, 2.75) is 19.4 Å². The van der Waals surface area contributed by atoms with Crippen LogP contribution in [0.5, 0.6) is 0 Å². The molecule has 2 aromatic rings. The van der Waals surface area contributed by atoms with Gasteiger partial charge in [-0.05, 0) is 36.2 Å². The van der Waals surface area contributed by atoms with Gasteiger partial charge in [0.25, 0.3) is 5.91 Å². The van der Waals surface area contributed by atoms with Crippen molar-refractivity contribution in [2.24, 2.45) is 5.73 Å². The maximum atomic E-state index is 12.6. The summed E-state index contributed by atoms with van der Waals surface area (Å²) in [6.45, 7) is 1.68. The van der Waals surface area contributed by atoms with E-state index in [0.717, 1.165) is 22.6 Å². The molecule has 1 aromatic heterocycles. The maximum absolute atomic E-state index is 12.6. The van der Waals surface area contributed by atoms with Gasteiger partial charge >= 0.3 is 0 Å². The van der Waals surface area contributed by atoms with E-state index in [4.69, 9.17) is 28.9 Å². The molecule has 0 saturated heterocycles. The molecule has 124 valence electrons. The third-order valence-electron chi connectivity index (χ3n) is 3.67. The third-order valence-corrected chi connectivity index (χ3v) is 5.13. The lowest BCUT2D eigenvalue weighted by atomic mass is 9.99. The van der Waals surface area contributed by atoms with Crippen molar-refractivity contribution >= 4 is 52.9 Å². The van der Waals surface area contributed by atoms with Gasteiger partial charge in [-0.25, -0.2) is 4.98 Å². The molecule has 8 heteroatoms. The van der Waals surface area contributed by atoms with Crippen LogP contribution < -0.4 is 5.73 Å². The van der Waals surface area contributed by atoms with Crippen molar-refractivity contribution in [3.8, 4) is 0 Å². The number of nitrogens with zero attached hydrogens (tertiary/aromatic N) is 2. The highest BCUT2D eigenvalue weighted by Crippen LogP contribution is 2.30. The van der Waals surface area contributed by atoms with Gasteiger partial charge in [-0.3, -0.25) is 4.79 Å². The molecule has 0 unspecified atom stereocenters. The molecule has 23 heavy (non-hydrogen) atoms.